The molecule has 2 aromatic heterocycles. The zero-order chi connectivity index (χ0) is 29.5. The number of aliphatic hydroxyl groups excluding tert-OH is 1. The maximum absolute atomic E-state index is 16.5. The van der Waals surface area contributed by atoms with Crippen LogP contribution in [0.25, 0.3) is 0 Å². The summed E-state index contributed by atoms with van der Waals surface area (Å²) < 4.78 is 24.3. The number of fused-ring (bicyclic) bond motifs is 1. The van der Waals surface area contributed by atoms with Crippen LogP contribution in [0.3, 0.4) is 0 Å². The van der Waals surface area contributed by atoms with Gasteiger partial charge < -0.3 is 24.6 Å². The number of hydrogen-bond acceptors (Lipinski definition) is 7. The number of aromatic nitrogens is 3. The monoisotopic (exact) mass is 600 g/mol. The van der Waals surface area contributed by atoms with E-state index in [4.69, 9.17) is 27.9 Å². The van der Waals surface area contributed by atoms with Crippen molar-refractivity contribution in [3.05, 3.63) is 111 Å². The van der Waals surface area contributed by atoms with E-state index in [-0.39, 0.29) is 52.7 Å². The molecule has 41 heavy (non-hydrogen) atoms. The molecule has 3 N–H and O–H groups in total. The Morgan fingerprint density at radius 3 is 2.46 bits per heavy atom. The molecular weight excluding hydrogens is 574 g/mol. The van der Waals surface area contributed by atoms with E-state index in [2.05, 4.69) is 9.97 Å². The van der Waals surface area contributed by atoms with Gasteiger partial charge in [-0.3, -0.25) is 14.7 Å². The van der Waals surface area contributed by atoms with Crippen molar-refractivity contribution < 1.29 is 29.2 Å². The van der Waals surface area contributed by atoms with Crippen LogP contribution >= 0.6 is 23.2 Å². The van der Waals surface area contributed by atoms with Crippen LogP contribution in [0.1, 0.15) is 51.8 Å². The van der Waals surface area contributed by atoms with Crippen LogP contribution in [0.2, 0.25) is 10.0 Å². The van der Waals surface area contributed by atoms with E-state index in [0.29, 0.717) is 16.3 Å². The molecule has 2 atom stereocenters. The third-order valence-corrected chi connectivity index (χ3v) is 7.72. The summed E-state index contributed by atoms with van der Waals surface area (Å²) in [7, 11) is 1.75. The molecule has 3 heterocycles. The predicted octanol–water partition coefficient (Wildman–Crippen LogP) is 4.48. The molecule has 1 amide bonds. The molecule has 0 saturated heterocycles. The highest BCUT2D eigenvalue weighted by Gasteiger charge is 2.55. The largest absolute Gasteiger partial charge is 0.506 e. The second-order valence-electron chi connectivity index (χ2n) is 9.75. The van der Waals surface area contributed by atoms with Crippen LogP contribution in [0, 0.1) is 5.82 Å². The van der Waals surface area contributed by atoms with E-state index in [1.165, 1.54) is 35.6 Å². The highest BCUT2D eigenvalue weighted by molar-refractivity contribution is 6.30. The molecule has 12 heteroatoms. The molecule has 9 nitrogen and oxygen atoms in total. The summed E-state index contributed by atoms with van der Waals surface area (Å²) in [5.74, 6) is -1.74. The van der Waals surface area contributed by atoms with Crippen LogP contribution in [0.15, 0.2) is 61.2 Å². The van der Waals surface area contributed by atoms with Gasteiger partial charge in [0, 0.05) is 36.1 Å². The van der Waals surface area contributed by atoms with E-state index in [9.17, 15) is 20.1 Å². The van der Waals surface area contributed by atoms with Crippen molar-refractivity contribution >= 4 is 29.1 Å². The number of carbonyl (C=O) groups excluding carboxylic acids is 1. The van der Waals surface area contributed by atoms with Crippen molar-refractivity contribution in [3.8, 4) is 5.75 Å². The molecule has 0 spiro atoms. The van der Waals surface area contributed by atoms with Crippen molar-refractivity contribution in [2.45, 2.75) is 31.2 Å². The molecule has 2 aromatic carbocycles. The van der Waals surface area contributed by atoms with Crippen molar-refractivity contribution in [2.24, 2.45) is 7.05 Å². The van der Waals surface area contributed by atoms with E-state index in [1.807, 2.05) is 0 Å². The molecule has 5 rings (SSSR count). The fraction of sp³-hybridized carbons (Fsp3) is 0.276. The topological polar surface area (TPSA) is 121 Å². The van der Waals surface area contributed by atoms with E-state index in [1.54, 1.807) is 49.0 Å². The molecule has 0 saturated carbocycles. The third-order valence-electron chi connectivity index (χ3n) is 7.26. The first-order valence-electron chi connectivity index (χ1n) is 12.8. The smallest absolute Gasteiger partial charge is 0.257 e. The quantitative estimate of drug-likeness (QED) is 0.259. The molecule has 0 radical (unpaired) electrons. The van der Waals surface area contributed by atoms with E-state index >= 15 is 4.39 Å². The number of hydrogen-bond donors (Lipinski definition) is 3. The normalized spacial score (nSPS) is 18.0. The lowest BCUT2D eigenvalue weighted by molar-refractivity contribution is -0.120. The van der Waals surface area contributed by atoms with Crippen molar-refractivity contribution in [1.82, 2.24) is 19.4 Å². The number of rotatable bonds is 9. The molecule has 214 valence electrons. The summed E-state index contributed by atoms with van der Waals surface area (Å²) in [6.07, 6.45) is 4.61. The van der Waals surface area contributed by atoms with Gasteiger partial charge in [-0.15, -0.1) is 0 Å². The minimum atomic E-state index is -1.88. The summed E-state index contributed by atoms with van der Waals surface area (Å²) in [5, 5.41) is 32.6. The fourth-order valence-electron chi connectivity index (χ4n) is 5.26. The van der Waals surface area contributed by atoms with Crippen molar-refractivity contribution in [3.63, 3.8) is 0 Å². The maximum atomic E-state index is 16.5. The Hall–Kier alpha value is -3.54. The number of nitrogens with zero attached hydrogens (tertiary/aromatic N) is 4. The van der Waals surface area contributed by atoms with Crippen LogP contribution < -0.4 is 0 Å². The number of ether oxygens (including phenoxy) is 1. The number of aromatic hydroxyl groups is 1. The SMILES string of the molecule is CCC(O)(c1cc(F)c2c(c1)C(=O)N(Cc1ncc(Cl)cc1O)[C@@]2(OCCO)c1ccc(Cl)cc1)c1cn(C)cn1. The Labute approximate surface area is 245 Å². The summed E-state index contributed by atoms with van der Waals surface area (Å²) in [6, 6.07) is 10.2. The summed E-state index contributed by atoms with van der Waals surface area (Å²) in [4.78, 5) is 23.9. The standard InChI is InChI=1S/C29H27Cl2FN4O5/c1-3-28(40,25-15-35(2)16-34-25)18-10-21-26(22(32)11-18)29(41-9-8-37,17-4-6-19(30)7-5-17)36(27(21)39)14-23-24(38)12-20(31)13-33-23/h4-7,10-13,15-16,37-38,40H,3,8-9,14H2,1-2H3/t28?,29-/m1/s1. The van der Waals surface area contributed by atoms with Crippen molar-refractivity contribution in [2.75, 3.05) is 13.2 Å². The molecule has 0 fully saturated rings. The lowest BCUT2D eigenvalue weighted by atomic mass is 9.84. The van der Waals surface area contributed by atoms with Gasteiger partial charge in [0.1, 0.15) is 22.9 Å². The lowest BCUT2D eigenvalue weighted by Crippen LogP contribution is -2.47. The molecular formula is C29H27Cl2FN4O5. The number of halogens is 3. The molecule has 0 bridgehead atoms. The van der Waals surface area contributed by atoms with Gasteiger partial charge in [0.15, 0.2) is 5.72 Å². The van der Waals surface area contributed by atoms with Gasteiger partial charge in [-0.1, -0.05) is 42.3 Å². The second kappa shape index (κ2) is 11.0. The van der Waals surface area contributed by atoms with Crippen LogP contribution in [0.5, 0.6) is 5.75 Å². The molecule has 0 aliphatic carbocycles. The number of carbonyl (C=O) groups is 1. The van der Waals surface area contributed by atoms with Gasteiger partial charge in [-0.25, -0.2) is 9.37 Å². The van der Waals surface area contributed by atoms with Crippen LogP contribution in [-0.2, 0) is 29.7 Å². The number of imidazole rings is 1. The van der Waals surface area contributed by atoms with Gasteiger partial charge in [0.05, 0.1) is 47.9 Å². The minimum absolute atomic E-state index is 0.0656. The number of benzene rings is 2. The average molecular weight is 601 g/mol. The Bertz CT molecular complexity index is 1620. The van der Waals surface area contributed by atoms with Gasteiger partial charge in [-0.05, 0) is 36.2 Å². The third kappa shape index (κ3) is 4.85. The predicted molar refractivity (Wildman–Crippen MR) is 149 cm³/mol. The summed E-state index contributed by atoms with van der Waals surface area (Å²) >= 11 is 12.1. The number of amides is 1. The van der Waals surface area contributed by atoms with Gasteiger partial charge in [-0.2, -0.15) is 0 Å². The number of aliphatic hydroxyl groups is 2. The Morgan fingerprint density at radius 1 is 1.12 bits per heavy atom. The summed E-state index contributed by atoms with van der Waals surface area (Å²) in [6.45, 7) is 0.731. The van der Waals surface area contributed by atoms with Crippen LogP contribution in [-0.4, -0.2) is 53.9 Å². The number of aryl methyl sites for hydroxylation is 1. The van der Waals surface area contributed by atoms with Gasteiger partial charge >= 0.3 is 0 Å². The van der Waals surface area contributed by atoms with Crippen LogP contribution in [0.4, 0.5) is 4.39 Å². The van der Waals surface area contributed by atoms with Crippen molar-refractivity contribution in [1.29, 1.82) is 0 Å². The first-order valence-corrected chi connectivity index (χ1v) is 13.5. The fourth-order valence-corrected chi connectivity index (χ4v) is 5.53. The Morgan fingerprint density at radius 2 is 1.85 bits per heavy atom. The average Bonchev–Trinajstić information content (AvgIpc) is 3.49. The Balaban J connectivity index is 1.76. The van der Waals surface area contributed by atoms with E-state index < -0.39 is 29.7 Å². The maximum Gasteiger partial charge on any atom is 0.257 e. The number of pyridine rings is 1. The highest BCUT2D eigenvalue weighted by atomic mass is 35.5. The first-order chi connectivity index (χ1) is 19.5. The first kappa shape index (κ1) is 29.0. The van der Waals surface area contributed by atoms with Gasteiger partial charge in [0.25, 0.3) is 5.91 Å². The van der Waals surface area contributed by atoms with E-state index in [0.717, 1.165) is 0 Å². The zero-order valence-electron chi connectivity index (χ0n) is 22.2. The summed E-state index contributed by atoms with van der Waals surface area (Å²) in [5.41, 5.74) is -2.91. The molecule has 4 aromatic rings. The van der Waals surface area contributed by atoms with Gasteiger partial charge in [0.2, 0.25) is 0 Å². The lowest BCUT2D eigenvalue weighted by Gasteiger charge is -2.39. The molecule has 1 aliphatic rings. The molecule has 1 unspecified atom stereocenters. The Kier molecular flexibility index (Phi) is 7.80. The highest BCUT2D eigenvalue weighted by Crippen LogP contribution is 2.49. The zero-order valence-corrected chi connectivity index (χ0v) is 23.7. The second-order valence-corrected chi connectivity index (χ2v) is 10.6. The minimum Gasteiger partial charge on any atom is -0.506 e. The molecule has 1 aliphatic heterocycles.